The lowest BCUT2D eigenvalue weighted by molar-refractivity contribution is 0.410. The SMILES string of the molecule is Cn1cc(CNC2CCN(c3ccccn3)CC2)c(=O)n(C)c1=O. The van der Waals surface area contributed by atoms with E-state index < -0.39 is 0 Å². The fourth-order valence-electron chi connectivity index (χ4n) is 3.11. The van der Waals surface area contributed by atoms with E-state index in [4.69, 9.17) is 0 Å². The van der Waals surface area contributed by atoms with Gasteiger partial charge in [0.15, 0.2) is 0 Å². The highest BCUT2D eigenvalue weighted by molar-refractivity contribution is 5.38. The highest BCUT2D eigenvalue weighted by atomic mass is 16.2. The molecule has 0 aliphatic carbocycles. The first kappa shape index (κ1) is 16.4. The minimum atomic E-state index is -0.299. The number of anilines is 1. The molecule has 2 aromatic rings. The van der Waals surface area contributed by atoms with E-state index in [1.54, 1.807) is 13.2 Å². The van der Waals surface area contributed by atoms with Crippen LogP contribution in [-0.2, 0) is 20.6 Å². The van der Waals surface area contributed by atoms with Crippen molar-refractivity contribution < 1.29 is 0 Å². The molecule has 3 rings (SSSR count). The molecule has 24 heavy (non-hydrogen) atoms. The molecule has 7 heteroatoms. The van der Waals surface area contributed by atoms with Gasteiger partial charge in [-0.25, -0.2) is 9.78 Å². The number of hydrogen-bond acceptors (Lipinski definition) is 5. The van der Waals surface area contributed by atoms with Crippen LogP contribution in [0.5, 0.6) is 0 Å². The maximum atomic E-state index is 12.1. The number of rotatable bonds is 4. The average molecular weight is 329 g/mol. The summed E-state index contributed by atoms with van der Waals surface area (Å²) >= 11 is 0. The van der Waals surface area contributed by atoms with Gasteiger partial charge < -0.3 is 14.8 Å². The molecule has 0 amide bonds. The molecule has 1 fully saturated rings. The predicted octanol–water partition coefficient (Wildman–Crippen LogP) is 0.238. The van der Waals surface area contributed by atoms with Gasteiger partial charge >= 0.3 is 5.69 Å². The van der Waals surface area contributed by atoms with E-state index in [9.17, 15) is 9.59 Å². The molecule has 128 valence electrons. The van der Waals surface area contributed by atoms with Crippen molar-refractivity contribution in [3.63, 3.8) is 0 Å². The lowest BCUT2D eigenvalue weighted by atomic mass is 10.0. The second kappa shape index (κ2) is 7.00. The van der Waals surface area contributed by atoms with Crippen LogP contribution < -0.4 is 21.5 Å². The highest BCUT2D eigenvalue weighted by Crippen LogP contribution is 2.17. The fourth-order valence-corrected chi connectivity index (χ4v) is 3.11. The summed E-state index contributed by atoms with van der Waals surface area (Å²) in [6, 6.07) is 6.32. The number of nitrogens with one attached hydrogen (secondary N) is 1. The van der Waals surface area contributed by atoms with E-state index in [0.717, 1.165) is 36.3 Å². The van der Waals surface area contributed by atoms with Gasteiger partial charge in [-0.1, -0.05) is 6.07 Å². The number of piperidine rings is 1. The molecule has 0 spiro atoms. The van der Waals surface area contributed by atoms with Crippen molar-refractivity contribution in [2.75, 3.05) is 18.0 Å². The van der Waals surface area contributed by atoms with Crippen LogP contribution in [0.1, 0.15) is 18.4 Å². The lowest BCUT2D eigenvalue weighted by Gasteiger charge is -2.33. The van der Waals surface area contributed by atoms with Crippen LogP contribution in [0.15, 0.2) is 40.2 Å². The topological polar surface area (TPSA) is 72.2 Å². The minimum Gasteiger partial charge on any atom is -0.357 e. The molecule has 1 aliphatic heterocycles. The minimum absolute atomic E-state index is 0.225. The zero-order chi connectivity index (χ0) is 17.1. The number of hydrogen-bond donors (Lipinski definition) is 1. The average Bonchev–Trinajstić information content (AvgIpc) is 2.63. The zero-order valence-electron chi connectivity index (χ0n) is 14.1. The standard InChI is InChI=1S/C17H23N5O2/c1-20-12-13(16(23)21(2)17(20)24)11-19-14-6-9-22(10-7-14)15-5-3-4-8-18-15/h3-5,8,12,14,19H,6-7,9-11H2,1-2H3. The molecule has 0 unspecified atom stereocenters. The first-order valence-corrected chi connectivity index (χ1v) is 8.21. The van der Waals surface area contributed by atoms with Crippen molar-refractivity contribution >= 4 is 5.82 Å². The molecule has 0 saturated carbocycles. The second-order valence-electron chi connectivity index (χ2n) is 6.24. The Bertz CT molecular complexity index is 804. The van der Waals surface area contributed by atoms with Crippen LogP contribution in [0.2, 0.25) is 0 Å². The van der Waals surface area contributed by atoms with Gasteiger partial charge in [0.05, 0.1) is 0 Å². The summed E-state index contributed by atoms with van der Waals surface area (Å²) in [7, 11) is 3.18. The summed E-state index contributed by atoms with van der Waals surface area (Å²) in [5, 5.41) is 3.45. The van der Waals surface area contributed by atoms with Crippen molar-refractivity contribution in [2.45, 2.75) is 25.4 Å². The van der Waals surface area contributed by atoms with Crippen LogP contribution in [0.25, 0.3) is 0 Å². The van der Waals surface area contributed by atoms with Gasteiger partial charge in [-0.2, -0.15) is 0 Å². The first-order valence-electron chi connectivity index (χ1n) is 8.21. The number of pyridine rings is 1. The van der Waals surface area contributed by atoms with Crippen molar-refractivity contribution in [3.05, 3.63) is 57.0 Å². The molecule has 1 aliphatic rings. The molecule has 1 saturated heterocycles. The van der Waals surface area contributed by atoms with Crippen LogP contribution in [0.4, 0.5) is 5.82 Å². The Morgan fingerprint density at radius 2 is 1.96 bits per heavy atom. The molecule has 7 nitrogen and oxygen atoms in total. The van der Waals surface area contributed by atoms with Gasteiger partial charge in [-0.15, -0.1) is 0 Å². The number of aromatic nitrogens is 3. The summed E-state index contributed by atoms with van der Waals surface area (Å²) in [6.07, 6.45) is 5.45. The summed E-state index contributed by atoms with van der Waals surface area (Å²) in [5.41, 5.74) is 0.0932. The molecule has 0 aromatic carbocycles. The van der Waals surface area contributed by atoms with Crippen LogP contribution >= 0.6 is 0 Å². The molecule has 0 atom stereocenters. The lowest BCUT2D eigenvalue weighted by Crippen LogP contribution is -2.44. The van der Waals surface area contributed by atoms with Gasteiger partial charge in [0.1, 0.15) is 5.82 Å². The Kier molecular flexibility index (Phi) is 4.80. The quantitative estimate of drug-likeness (QED) is 0.870. The van der Waals surface area contributed by atoms with Gasteiger partial charge in [0, 0.05) is 57.7 Å². The normalized spacial score (nSPS) is 15.7. The first-order chi connectivity index (χ1) is 11.6. The Morgan fingerprint density at radius 1 is 1.21 bits per heavy atom. The van der Waals surface area contributed by atoms with E-state index >= 15 is 0 Å². The van der Waals surface area contributed by atoms with Gasteiger partial charge in [0.2, 0.25) is 0 Å². The van der Waals surface area contributed by atoms with Crippen molar-refractivity contribution in [1.29, 1.82) is 0 Å². The van der Waals surface area contributed by atoms with Crippen molar-refractivity contribution in [1.82, 2.24) is 19.4 Å². The van der Waals surface area contributed by atoms with E-state index in [-0.39, 0.29) is 11.2 Å². The Labute approximate surface area is 140 Å². The van der Waals surface area contributed by atoms with E-state index in [1.165, 1.54) is 11.6 Å². The Balaban J connectivity index is 1.58. The van der Waals surface area contributed by atoms with Gasteiger partial charge in [0.25, 0.3) is 5.56 Å². The van der Waals surface area contributed by atoms with E-state index in [1.807, 2.05) is 24.4 Å². The molecular formula is C17H23N5O2. The van der Waals surface area contributed by atoms with Gasteiger partial charge in [-0.3, -0.25) is 9.36 Å². The predicted molar refractivity (Wildman–Crippen MR) is 93.2 cm³/mol. The molecule has 3 heterocycles. The number of aryl methyl sites for hydroxylation is 1. The van der Waals surface area contributed by atoms with Crippen LogP contribution in [0.3, 0.4) is 0 Å². The summed E-state index contributed by atoms with van der Waals surface area (Å²) in [5.74, 6) is 1.02. The second-order valence-corrected chi connectivity index (χ2v) is 6.24. The third-order valence-electron chi connectivity index (χ3n) is 4.57. The van der Waals surface area contributed by atoms with Crippen molar-refractivity contribution in [2.24, 2.45) is 14.1 Å². The van der Waals surface area contributed by atoms with Crippen molar-refractivity contribution in [3.8, 4) is 0 Å². The van der Waals surface area contributed by atoms with E-state index in [0.29, 0.717) is 18.2 Å². The van der Waals surface area contributed by atoms with Crippen LogP contribution in [-0.4, -0.2) is 33.2 Å². The Morgan fingerprint density at radius 3 is 2.62 bits per heavy atom. The molecule has 0 radical (unpaired) electrons. The highest BCUT2D eigenvalue weighted by Gasteiger charge is 2.20. The summed E-state index contributed by atoms with van der Waals surface area (Å²) < 4.78 is 2.60. The summed E-state index contributed by atoms with van der Waals surface area (Å²) in [6.45, 7) is 2.37. The fraction of sp³-hybridized carbons (Fsp3) is 0.471. The third-order valence-corrected chi connectivity index (χ3v) is 4.57. The number of nitrogens with zero attached hydrogens (tertiary/aromatic N) is 4. The molecule has 2 aromatic heterocycles. The summed E-state index contributed by atoms with van der Waals surface area (Å²) in [4.78, 5) is 30.5. The molecular weight excluding hydrogens is 306 g/mol. The molecule has 1 N–H and O–H groups in total. The third kappa shape index (κ3) is 3.41. The monoisotopic (exact) mass is 329 g/mol. The largest absolute Gasteiger partial charge is 0.357 e. The van der Waals surface area contributed by atoms with Crippen LogP contribution in [0, 0.1) is 0 Å². The maximum Gasteiger partial charge on any atom is 0.330 e. The Hall–Kier alpha value is -2.41. The maximum absolute atomic E-state index is 12.1. The van der Waals surface area contributed by atoms with Gasteiger partial charge in [-0.05, 0) is 25.0 Å². The van der Waals surface area contributed by atoms with E-state index in [2.05, 4.69) is 15.2 Å². The molecule has 0 bridgehead atoms. The zero-order valence-corrected chi connectivity index (χ0v) is 14.1. The smallest absolute Gasteiger partial charge is 0.330 e.